The van der Waals surface area contributed by atoms with Crippen LogP contribution in [0.2, 0.25) is 0 Å². The molecule has 6 heteroatoms. The third-order valence-corrected chi connectivity index (χ3v) is 5.04. The van der Waals surface area contributed by atoms with Crippen molar-refractivity contribution in [2.24, 2.45) is 0 Å². The van der Waals surface area contributed by atoms with Gasteiger partial charge in [-0.25, -0.2) is 9.37 Å². The predicted octanol–water partition coefficient (Wildman–Crippen LogP) is 2.71. The summed E-state index contributed by atoms with van der Waals surface area (Å²) >= 11 is 1.56. The number of anilines is 1. The summed E-state index contributed by atoms with van der Waals surface area (Å²) in [7, 11) is 0. The molecule has 0 aliphatic heterocycles. The Bertz CT molecular complexity index is 949. The molecule has 2 heterocycles. The Morgan fingerprint density at radius 1 is 1.25 bits per heavy atom. The van der Waals surface area contributed by atoms with Crippen molar-refractivity contribution in [1.29, 1.82) is 0 Å². The second-order valence-electron chi connectivity index (χ2n) is 5.88. The minimum absolute atomic E-state index is 0.124. The minimum atomic E-state index is -0.505. The second kappa shape index (κ2) is 6.62. The Morgan fingerprint density at radius 3 is 2.96 bits per heavy atom. The summed E-state index contributed by atoms with van der Waals surface area (Å²) < 4.78 is 20.1. The summed E-state index contributed by atoms with van der Waals surface area (Å²) in [6, 6.07) is 1.99. The molecule has 0 bridgehead atoms. The van der Waals surface area contributed by atoms with Crippen molar-refractivity contribution in [3.05, 3.63) is 45.6 Å². The number of hydrogen-bond acceptors (Lipinski definition) is 5. The summed E-state index contributed by atoms with van der Waals surface area (Å²) in [5.41, 5.74) is 5.87. The van der Waals surface area contributed by atoms with Gasteiger partial charge < -0.3 is 10.1 Å². The molecule has 4 rings (SSSR count). The van der Waals surface area contributed by atoms with Gasteiger partial charge in [-0.1, -0.05) is 30.6 Å². The quantitative estimate of drug-likeness (QED) is 0.869. The molecule has 2 aromatic rings. The van der Waals surface area contributed by atoms with Crippen LogP contribution in [0.5, 0.6) is 5.75 Å². The van der Waals surface area contributed by atoms with Crippen LogP contribution >= 0.6 is 11.3 Å². The van der Waals surface area contributed by atoms with Crippen LogP contribution in [-0.4, -0.2) is 16.0 Å². The summed E-state index contributed by atoms with van der Waals surface area (Å²) in [5.74, 6) is 0.0366. The van der Waals surface area contributed by atoms with Crippen LogP contribution in [0.15, 0.2) is 30.0 Å². The molecular weight excluding hydrogens is 325 g/mol. The molecule has 2 aliphatic carbocycles. The van der Waals surface area contributed by atoms with Gasteiger partial charge in [0.05, 0.1) is 10.7 Å². The first-order valence-electron chi connectivity index (χ1n) is 8.06. The van der Waals surface area contributed by atoms with Crippen molar-refractivity contribution < 1.29 is 9.13 Å². The zero-order valence-electron chi connectivity index (χ0n) is 13.0. The van der Waals surface area contributed by atoms with E-state index in [1.807, 2.05) is 6.08 Å². The Hall–Kier alpha value is -2.39. The first-order valence-corrected chi connectivity index (χ1v) is 8.88. The van der Waals surface area contributed by atoms with Crippen molar-refractivity contribution >= 4 is 28.3 Å². The molecule has 0 radical (unpaired) electrons. The molecule has 0 unspecified atom stereocenters. The number of fused-ring (bicyclic) bond motifs is 1. The smallest absolute Gasteiger partial charge is 0.184 e. The zero-order chi connectivity index (χ0) is 16.4. The fourth-order valence-electron chi connectivity index (χ4n) is 2.90. The van der Waals surface area contributed by atoms with Crippen molar-refractivity contribution in [2.45, 2.75) is 38.1 Å². The van der Waals surface area contributed by atoms with E-state index in [4.69, 9.17) is 4.74 Å². The molecule has 24 heavy (non-hydrogen) atoms. The van der Waals surface area contributed by atoms with Crippen molar-refractivity contribution in [3.8, 4) is 5.75 Å². The van der Waals surface area contributed by atoms with E-state index in [0.29, 0.717) is 11.8 Å². The van der Waals surface area contributed by atoms with Gasteiger partial charge in [0.15, 0.2) is 22.5 Å². The van der Waals surface area contributed by atoms with Crippen LogP contribution in [0, 0.1) is 5.82 Å². The van der Waals surface area contributed by atoms with E-state index in [2.05, 4.69) is 26.7 Å². The highest BCUT2D eigenvalue weighted by molar-refractivity contribution is 7.13. The van der Waals surface area contributed by atoms with Crippen LogP contribution in [0.1, 0.15) is 32.1 Å². The Balaban J connectivity index is 1.54. The van der Waals surface area contributed by atoms with Gasteiger partial charge in [-0.15, -0.1) is 0 Å². The van der Waals surface area contributed by atoms with Crippen molar-refractivity contribution in [1.82, 2.24) is 9.97 Å². The van der Waals surface area contributed by atoms with Gasteiger partial charge in [-0.3, -0.25) is 4.98 Å². The molecule has 0 spiro atoms. The van der Waals surface area contributed by atoms with E-state index in [1.165, 1.54) is 44.4 Å². The fraction of sp³-hybridized carbons (Fsp3) is 0.333. The molecule has 122 valence electrons. The lowest BCUT2D eigenvalue weighted by molar-refractivity contribution is 0.417. The molecule has 0 aromatic carbocycles. The van der Waals surface area contributed by atoms with Crippen LogP contribution < -0.4 is 19.9 Å². The first kappa shape index (κ1) is 15.2. The summed E-state index contributed by atoms with van der Waals surface area (Å²) in [5, 5.41) is 5.16. The number of nitrogens with one attached hydrogen (secondary N) is 1. The van der Waals surface area contributed by atoms with E-state index in [-0.39, 0.29) is 5.75 Å². The molecule has 0 amide bonds. The molecule has 1 saturated carbocycles. The number of aromatic nitrogens is 2. The lowest BCUT2D eigenvalue weighted by Crippen LogP contribution is -2.23. The fourth-order valence-corrected chi connectivity index (χ4v) is 3.83. The van der Waals surface area contributed by atoms with E-state index >= 15 is 0 Å². The van der Waals surface area contributed by atoms with Gasteiger partial charge in [0.25, 0.3) is 0 Å². The summed E-state index contributed by atoms with van der Waals surface area (Å²) in [6.07, 6.45) is 10.7. The molecule has 0 saturated heterocycles. The number of pyridine rings is 1. The third kappa shape index (κ3) is 3.26. The third-order valence-electron chi connectivity index (χ3n) is 4.11. The largest absolute Gasteiger partial charge is 0.445 e. The number of ether oxygens (including phenoxy) is 1. The molecule has 1 fully saturated rings. The highest BCUT2D eigenvalue weighted by atomic mass is 32.1. The SMILES string of the molecule is Fc1cnccc1OC1=C=C=c2nc(NC3CCCCC3)sc2=C1. The van der Waals surface area contributed by atoms with E-state index < -0.39 is 5.82 Å². The lowest BCUT2D eigenvalue weighted by Gasteiger charge is -2.22. The predicted molar refractivity (Wildman–Crippen MR) is 91.6 cm³/mol. The van der Waals surface area contributed by atoms with E-state index in [1.54, 1.807) is 11.3 Å². The molecule has 1 N–H and O–H groups in total. The first-order chi connectivity index (χ1) is 11.8. The molecular formula is C18H16FN3OS. The normalized spacial score (nSPS) is 16.6. The Kier molecular flexibility index (Phi) is 4.18. The van der Waals surface area contributed by atoms with Crippen LogP contribution in [0.25, 0.3) is 11.8 Å². The molecule has 2 aliphatic rings. The number of halogens is 1. The maximum Gasteiger partial charge on any atom is 0.184 e. The summed E-state index contributed by atoms with van der Waals surface area (Å²) in [4.78, 5) is 8.26. The van der Waals surface area contributed by atoms with E-state index in [0.717, 1.165) is 21.2 Å². The molecule has 4 nitrogen and oxygen atoms in total. The van der Waals surface area contributed by atoms with E-state index in [9.17, 15) is 4.39 Å². The number of hydrogen-bond donors (Lipinski definition) is 1. The number of allylic oxidation sites excluding steroid dienone is 1. The monoisotopic (exact) mass is 341 g/mol. The topological polar surface area (TPSA) is 47.0 Å². The Morgan fingerprint density at radius 2 is 2.12 bits per heavy atom. The average molecular weight is 341 g/mol. The molecule has 2 aromatic heterocycles. The average Bonchev–Trinajstić information content (AvgIpc) is 2.99. The standard InChI is InChI=1S/C18H16FN3OS/c19-14-11-20-9-8-16(14)23-13-6-7-15-17(10-13)24-18(22-15)21-12-4-2-1-3-5-12/h8-12H,1-5H2,(H,21,22). The van der Waals surface area contributed by atoms with Crippen LogP contribution in [0.4, 0.5) is 9.52 Å². The van der Waals surface area contributed by atoms with Gasteiger partial charge in [0.1, 0.15) is 5.35 Å². The highest BCUT2D eigenvalue weighted by Gasteiger charge is 2.15. The van der Waals surface area contributed by atoms with Gasteiger partial charge >= 0.3 is 0 Å². The minimum Gasteiger partial charge on any atom is -0.445 e. The lowest BCUT2D eigenvalue weighted by atomic mass is 9.96. The number of thiazole rings is 1. The van der Waals surface area contributed by atoms with Gasteiger partial charge in [0, 0.05) is 24.4 Å². The van der Waals surface area contributed by atoms with Crippen molar-refractivity contribution in [3.63, 3.8) is 0 Å². The number of nitrogens with zero attached hydrogens (tertiary/aromatic N) is 2. The van der Waals surface area contributed by atoms with Crippen LogP contribution in [-0.2, 0) is 0 Å². The van der Waals surface area contributed by atoms with Gasteiger partial charge in [-0.2, -0.15) is 0 Å². The highest BCUT2D eigenvalue weighted by Crippen LogP contribution is 2.21. The van der Waals surface area contributed by atoms with Crippen LogP contribution in [0.3, 0.4) is 0 Å². The maximum atomic E-state index is 13.6. The zero-order valence-corrected chi connectivity index (χ0v) is 13.8. The van der Waals surface area contributed by atoms with Crippen molar-refractivity contribution in [2.75, 3.05) is 5.32 Å². The van der Waals surface area contributed by atoms with Gasteiger partial charge in [0.2, 0.25) is 0 Å². The molecule has 0 atom stereocenters. The Labute approximate surface area is 142 Å². The van der Waals surface area contributed by atoms with Gasteiger partial charge in [-0.05, 0) is 24.3 Å². The second-order valence-corrected chi connectivity index (χ2v) is 6.91. The maximum absolute atomic E-state index is 13.6. The summed E-state index contributed by atoms with van der Waals surface area (Å²) in [6.45, 7) is 0. The number of rotatable bonds is 4.